The van der Waals surface area contributed by atoms with E-state index in [0.29, 0.717) is 16.6 Å². The number of benzene rings is 2. The first-order valence-corrected chi connectivity index (χ1v) is 12.4. The molecule has 0 unspecified atom stereocenters. The topological polar surface area (TPSA) is 86.0 Å². The predicted molar refractivity (Wildman–Crippen MR) is 140 cm³/mol. The van der Waals surface area contributed by atoms with Gasteiger partial charge in [-0.25, -0.2) is 9.18 Å². The van der Waals surface area contributed by atoms with E-state index in [1.54, 1.807) is 22.8 Å². The summed E-state index contributed by atoms with van der Waals surface area (Å²) in [5.41, 5.74) is 1.53. The minimum atomic E-state index is -1.33. The van der Waals surface area contributed by atoms with Gasteiger partial charge in [0.1, 0.15) is 11.4 Å². The van der Waals surface area contributed by atoms with Crippen LogP contribution in [0.5, 0.6) is 0 Å². The number of nitrogens with zero attached hydrogens (tertiary/aromatic N) is 3. The second kappa shape index (κ2) is 10.6. The van der Waals surface area contributed by atoms with Crippen LogP contribution >= 0.6 is 11.6 Å². The molecule has 1 fully saturated rings. The Hall–Kier alpha value is -2.94. The molecular weight excluding hydrogens is 485 g/mol. The first-order valence-electron chi connectivity index (χ1n) is 12.0. The van der Waals surface area contributed by atoms with Gasteiger partial charge in [0.15, 0.2) is 0 Å². The van der Waals surface area contributed by atoms with Gasteiger partial charge in [-0.1, -0.05) is 37.6 Å². The number of aromatic nitrogens is 1. The van der Waals surface area contributed by atoms with E-state index < -0.39 is 23.3 Å². The normalized spacial score (nSPS) is 15.6. The van der Waals surface area contributed by atoms with E-state index in [9.17, 15) is 24.2 Å². The van der Waals surface area contributed by atoms with E-state index in [0.717, 1.165) is 31.9 Å². The lowest BCUT2D eigenvalue weighted by Gasteiger charge is -2.36. The van der Waals surface area contributed by atoms with Crippen LogP contribution in [0.4, 0.5) is 10.1 Å². The largest absolute Gasteiger partial charge is 0.477 e. The highest BCUT2D eigenvalue weighted by Crippen LogP contribution is 2.33. The van der Waals surface area contributed by atoms with Crippen molar-refractivity contribution in [2.75, 3.05) is 44.7 Å². The van der Waals surface area contributed by atoms with Gasteiger partial charge in [-0.05, 0) is 42.3 Å². The number of likely N-dealkylation sites (N-methyl/N-ethyl adjacent to an activating group) is 1. The number of anilines is 1. The van der Waals surface area contributed by atoms with Crippen molar-refractivity contribution in [3.63, 3.8) is 0 Å². The number of hydrogen-bond acceptors (Lipinski definition) is 5. The number of halogens is 2. The van der Waals surface area contributed by atoms with Crippen LogP contribution in [0.1, 0.15) is 41.4 Å². The summed E-state index contributed by atoms with van der Waals surface area (Å²) in [4.78, 5) is 29.7. The maximum Gasteiger partial charge on any atom is 0.341 e. The van der Waals surface area contributed by atoms with Gasteiger partial charge in [-0.2, -0.15) is 0 Å². The Kier molecular flexibility index (Phi) is 7.68. The first-order chi connectivity index (χ1) is 17.1. The Morgan fingerprint density at radius 3 is 2.44 bits per heavy atom. The average molecular weight is 516 g/mol. The second-order valence-corrected chi connectivity index (χ2v) is 10.2. The molecule has 2 heterocycles. The molecule has 4 rings (SSSR count). The van der Waals surface area contributed by atoms with E-state index in [1.807, 2.05) is 19.9 Å². The number of rotatable bonds is 7. The Labute approximate surface area is 214 Å². The molecule has 0 radical (unpaired) electrons. The monoisotopic (exact) mass is 515 g/mol. The van der Waals surface area contributed by atoms with Crippen molar-refractivity contribution < 1.29 is 19.4 Å². The molecule has 0 saturated carbocycles. The molecular formula is C27H31ClFN3O4. The highest BCUT2D eigenvalue weighted by atomic mass is 35.5. The van der Waals surface area contributed by atoms with Gasteiger partial charge < -0.3 is 24.6 Å². The van der Waals surface area contributed by atoms with Crippen molar-refractivity contribution in [2.45, 2.75) is 26.3 Å². The fourth-order valence-electron chi connectivity index (χ4n) is 4.85. The maximum absolute atomic E-state index is 14.9. The van der Waals surface area contributed by atoms with Gasteiger partial charge in [0.05, 0.1) is 23.2 Å². The Morgan fingerprint density at radius 2 is 1.83 bits per heavy atom. The third kappa shape index (κ3) is 4.98. The van der Waals surface area contributed by atoms with Crippen molar-refractivity contribution in [1.82, 2.24) is 9.47 Å². The number of aromatic carboxylic acids is 1. The SMILES string of the molecule is CC(C)[C@@H](CO)n1cc(C(=O)O)c(=O)c2cc(Cc3cccc(Cl)c3F)c(N3CCN(C)CC3)cc21. The highest BCUT2D eigenvalue weighted by molar-refractivity contribution is 6.30. The van der Waals surface area contributed by atoms with Crippen molar-refractivity contribution in [3.8, 4) is 0 Å². The zero-order valence-corrected chi connectivity index (χ0v) is 21.4. The molecule has 0 aliphatic carbocycles. The molecule has 1 atom stereocenters. The van der Waals surface area contributed by atoms with Crippen LogP contribution in [-0.2, 0) is 6.42 Å². The average Bonchev–Trinajstić information content (AvgIpc) is 2.84. The molecule has 1 saturated heterocycles. The summed E-state index contributed by atoms with van der Waals surface area (Å²) in [7, 11) is 2.06. The number of carbonyl (C=O) groups is 1. The van der Waals surface area contributed by atoms with E-state index in [-0.39, 0.29) is 34.9 Å². The number of hydrogen-bond donors (Lipinski definition) is 2. The number of fused-ring (bicyclic) bond motifs is 1. The lowest BCUT2D eigenvalue weighted by Crippen LogP contribution is -2.44. The number of pyridine rings is 1. The zero-order chi connectivity index (χ0) is 26.1. The van der Waals surface area contributed by atoms with Gasteiger partial charge >= 0.3 is 5.97 Å². The summed E-state index contributed by atoms with van der Waals surface area (Å²) in [5, 5.41) is 20.1. The molecule has 0 spiro atoms. The number of aliphatic hydroxyl groups excluding tert-OH is 1. The third-order valence-electron chi connectivity index (χ3n) is 7.03. The fourth-order valence-corrected chi connectivity index (χ4v) is 5.04. The number of piperazine rings is 1. The smallest absolute Gasteiger partial charge is 0.341 e. The number of aliphatic hydroxyl groups is 1. The summed E-state index contributed by atoms with van der Waals surface area (Å²) in [5.74, 6) is -1.86. The number of carboxylic acid groups (broad SMARTS) is 1. The van der Waals surface area contributed by atoms with Crippen LogP contribution in [0.15, 0.2) is 41.3 Å². The van der Waals surface area contributed by atoms with Crippen molar-refractivity contribution in [1.29, 1.82) is 0 Å². The van der Waals surface area contributed by atoms with E-state index in [2.05, 4.69) is 16.8 Å². The molecule has 2 N–H and O–H groups in total. The Balaban J connectivity index is 2.01. The predicted octanol–water partition coefficient (Wildman–Crippen LogP) is 4.02. The molecule has 192 valence electrons. The first kappa shape index (κ1) is 26.1. The highest BCUT2D eigenvalue weighted by Gasteiger charge is 2.25. The van der Waals surface area contributed by atoms with Crippen LogP contribution < -0.4 is 10.3 Å². The number of carboxylic acids is 1. The molecule has 1 aliphatic rings. The Bertz CT molecular complexity index is 1350. The second-order valence-electron chi connectivity index (χ2n) is 9.76. The molecule has 1 aliphatic heterocycles. The lowest BCUT2D eigenvalue weighted by molar-refractivity contribution is 0.0694. The van der Waals surface area contributed by atoms with Gasteiger partial charge in [-0.15, -0.1) is 0 Å². The molecule has 2 aromatic carbocycles. The molecule has 36 heavy (non-hydrogen) atoms. The van der Waals surface area contributed by atoms with Crippen molar-refractivity contribution in [3.05, 3.63) is 74.3 Å². The van der Waals surface area contributed by atoms with Crippen LogP contribution in [0.25, 0.3) is 10.9 Å². The summed E-state index contributed by atoms with van der Waals surface area (Å²) < 4.78 is 16.6. The minimum Gasteiger partial charge on any atom is -0.477 e. The van der Waals surface area contributed by atoms with Crippen molar-refractivity contribution >= 4 is 34.2 Å². The van der Waals surface area contributed by atoms with Crippen LogP contribution in [-0.4, -0.2) is 65.5 Å². The fraction of sp³-hybridized carbons (Fsp3) is 0.407. The summed E-state index contributed by atoms with van der Waals surface area (Å²) >= 11 is 6.03. The summed E-state index contributed by atoms with van der Waals surface area (Å²) in [6, 6.07) is 7.97. The molecule has 1 aromatic heterocycles. The van der Waals surface area contributed by atoms with Crippen molar-refractivity contribution in [2.24, 2.45) is 5.92 Å². The van der Waals surface area contributed by atoms with E-state index in [4.69, 9.17) is 11.6 Å². The quantitative estimate of drug-likeness (QED) is 0.494. The Morgan fingerprint density at radius 1 is 1.14 bits per heavy atom. The standard InChI is InChI=1S/C27H31ClFN3O4/c1-16(2)24(15-33)32-14-20(27(35)36)26(34)19-12-18(11-17-5-4-6-21(28)25(17)29)22(13-23(19)32)31-9-7-30(3)8-10-31/h4-6,12-14,16,24,33H,7-11,15H2,1-3H3,(H,35,36)/t24-/m1/s1. The van der Waals surface area contributed by atoms with Crippen LogP contribution in [0.3, 0.4) is 0 Å². The molecule has 7 nitrogen and oxygen atoms in total. The van der Waals surface area contributed by atoms with Gasteiger partial charge in [0.25, 0.3) is 0 Å². The summed E-state index contributed by atoms with van der Waals surface area (Å²) in [6.45, 7) is 6.84. The molecule has 3 aromatic rings. The van der Waals surface area contributed by atoms with Crippen LogP contribution in [0, 0.1) is 11.7 Å². The van der Waals surface area contributed by atoms with Gasteiger partial charge in [0, 0.05) is 49.9 Å². The molecule has 0 bridgehead atoms. The maximum atomic E-state index is 14.9. The zero-order valence-electron chi connectivity index (χ0n) is 20.7. The van der Waals surface area contributed by atoms with Gasteiger partial charge in [0.2, 0.25) is 5.43 Å². The molecule has 0 amide bonds. The third-order valence-corrected chi connectivity index (χ3v) is 7.33. The summed E-state index contributed by atoms with van der Waals surface area (Å²) in [6.07, 6.45) is 1.52. The van der Waals surface area contributed by atoms with E-state index in [1.165, 1.54) is 12.3 Å². The van der Waals surface area contributed by atoms with Crippen LogP contribution in [0.2, 0.25) is 5.02 Å². The minimum absolute atomic E-state index is 0.0188. The lowest BCUT2D eigenvalue weighted by atomic mass is 9.97. The van der Waals surface area contributed by atoms with Gasteiger partial charge in [-0.3, -0.25) is 4.79 Å². The van der Waals surface area contributed by atoms with E-state index >= 15 is 0 Å². The molecule has 9 heteroatoms.